The molecule has 1 aliphatic heterocycles. The summed E-state index contributed by atoms with van der Waals surface area (Å²) in [6.45, 7) is 0. The van der Waals surface area contributed by atoms with Crippen LogP contribution in [-0.4, -0.2) is 40.1 Å². The molecule has 8 nitrogen and oxygen atoms in total. The number of ether oxygens (including phenoxy) is 1. The smallest absolute Gasteiger partial charge is 0.258 e. The van der Waals surface area contributed by atoms with Crippen molar-refractivity contribution in [3.05, 3.63) is 76.7 Å². The van der Waals surface area contributed by atoms with Gasteiger partial charge in [0.25, 0.3) is 5.91 Å². The number of hydrazine groups is 1. The van der Waals surface area contributed by atoms with Gasteiger partial charge in [0.2, 0.25) is 11.0 Å². The lowest BCUT2D eigenvalue weighted by atomic mass is 10.1. The van der Waals surface area contributed by atoms with Crippen LogP contribution in [0.4, 0.5) is 21.6 Å². The second kappa shape index (κ2) is 10.4. The minimum absolute atomic E-state index is 0.0903. The Kier molecular flexibility index (Phi) is 7.34. The molecule has 2 amide bonds. The van der Waals surface area contributed by atoms with Gasteiger partial charge in [-0.15, -0.1) is 0 Å². The van der Waals surface area contributed by atoms with Gasteiger partial charge < -0.3 is 10.1 Å². The van der Waals surface area contributed by atoms with E-state index in [9.17, 15) is 14.0 Å². The fraction of sp³-hybridized carbons (Fsp3) is 0.130. The zero-order chi connectivity index (χ0) is 25.1. The number of carbonyl (C=O) groups is 2. The lowest BCUT2D eigenvalue weighted by Gasteiger charge is -2.25. The highest BCUT2D eigenvalue weighted by Crippen LogP contribution is 2.31. The normalized spacial score (nSPS) is 15.4. The van der Waals surface area contributed by atoms with Gasteiger partial charge in [0, 0.05) is 11.9 Å². The first-order chi connectivity index (χ1) is 16.8. The summed E-state index contributed by atoms with van der Waals surface area (Å²) in [6, 6.07) is 12.5. The molecule has 1 fully saturated rings. The Morgan fingerprint density at radius 3 is 2.49 bits per heavy atom. The average Bonchev–Trinajstić information content (AvgIpc) is 3.06. The maximum atomic E-state index is 13.5. The minimum Gasteiger partial charge on any atom is -0.497 e. The van der Waals surface area contributed by atoms with Gasteiger partial charge in [0.15, 0.2) is 5.82 Å². The van der Waals surface area contributed by atoms with Crippen LogP contribution in [0.2, 0.25) is 10.0 Å². The number of rotatable bonds is 7. The van der Waals surface area contributed by atoms with Gasteiger partial charge in [-0.2, -0.15) is 0 Å². The first-order valence-corrected chi connectivity index (χ1v) is 11.4. The quantitative estimate of drug-likeness (QED) is 0.418. The summed E-state index contributed by atoms with van der Waals surface area (Å²) >= 11 is 17.8. The Hall–Kier alpha value is -3.47. The molecular weight excluding hydrogens is 516 g/mol. The van der Waals surface area contributed by atoms with Crippen molar-refractivity contribution in [1.82, 2.24) is 9.99 Å². The van der Waals surface area contributed by atoms with Crippen LogP contribution in [0.25, 0.3) is 0 Å². The van der Waals surface area contributed by atoms with E-state index in [1.807, 2.05) is 0 Å². The molecule has 1 saturated heterocycles. The molecule has 180 valence electrons. The topological polar surface area (TPSA) is 86.8 Å². The third kappa shape index (κ3) is 5.45. The van der Waals surface area contributed by atoms with E-state index in [1.54, 1.807) is 24.3 Å². The van der Waals surface area contributed by atoms with Crippen molar-refractivity contribution in [3.63, 3.8) is 0 Å². The Morgan fingerprint density at radius 2 is 1.86 bits per heavy atom. The lowest BCUT2D eigenvalue weighted by molar-refractivity contribution is -0.124. The Labute approximate surface area is 215 Å². The van der Waals surface area contributed by atoms with E-state index < -0.39 is 23.7 Å². The zero-order valence-corrected chi connectivity index (χ0v) is 20.5. The molecule has 0 aliphatic carbocycles. The first kappa shape index (κ1) is 24.6. The highest BCUT2D eigenvalue weighted by Gasteiger charge is 2.45. The van der Waals surface area contributed by atoms with E-state index in [-0.39, 0.29) is 22.4 Å². The predicted molar refractivity (Wildman–Crippen MR) is 136 cm³/mol. The van der Waals surface area contributed by atoms with E-state index in [2.05, 4.69) is 15.7 Å². The van der Waals surface area contributed by atoms with Crippen molar-refractivity contribution in [1.29, 1.82) is 0 Å². The minimum atomic E-state index is -1.03. The largest absolute Gasteiger partial charge is 0.497 e. The highest BCUT2D eigenvalue weighted by molar-refractivity contribution is 7.80. The molecule has 2 heterocycles. The van der Waals surface area contributed by atoms with Crippen molar-refractivity contribution >= 4 is 69.5 Å². The van der Waals surface area contributed by atoms with Crippen LogP contribution in [-0.2, 0) is 9.59 Å². The van der Waals surface area contributed by atoms with Gasteiger partial charge in [-0.1, -0.05) is 23.2 Å². The van der Waals surface area contributed by atoms with E-state index in [4.69, 9.17) is 40.2 Å². The van der Waals surface area contributed by atoms with Gasteiger partial charge in [-0.25, -0.2) is 14.4 Å². The maximum absolute atomic E-state index is 13.5. The molecule has 2 N–H and O–H groups in total. The van der Waals surface area contributed by atoms with Gasteiger partial charge in [0.05, 0.1) is 29.3 Å². The van der Waals surface area contributed by atoms with Crippen LogP contribution in [0, 0.1) is 5.82 Å². The summed E-state index contributed by atoms with van der Waals surface area (Å²) in [4.78, 5) is 31.7. The number of hydrogen-bond donors (Lipinski definition) is 2. The van der Waals surface area contributed by atoms with Gasteiger partial charge in [0.1, 0.15) is 17.6 Å². The number of anilines is 3. The molecule has 3 aromatic rings. The molecule has 12 heteroatoms. The average molecular weight is 534 g/mol. The molecule has 1 aromatic heterocycles. The van der Waals surface area contributed by atoms with Crippen LogP contribution in [0.3, 0.4) is 0 Å². The fourth-order valence-corrected chi connectivity index (χ4v) is 4.19. The summed E-state index contributed by atoms with van der Waals surface area (Å²) in [7, 11) is 1.53. The van der Waals surface area contributed by atoms with Crippen molar-refractivity contribution < 1.29 is 18.7 Å². The molecule has 0 spiro atoms. The van der Waals surface area contributed by atoms with E-state index >= 15 is 0 Å². The molecule has 1 aliphatic rings. The summed E-state index contributed by atoms with van der Waals surface area (Å²) in [5.41, 5.74) is 3.82. The molecule has 2 aromatic carbocycles. The van der Waals surface area contributed by atoms with Crippen LogP contribution in [0.5, 0.6) is 5.75 Å². The summed E-state index contributed by atoms with van der Waals surface area (Å²) in [5, 5.41) is 4.63. The molecule has 0 saturated carbocycles. The zero-order valence-electron chi connectivity index (χ0n) is 18.2. The number of benzene rings is 2. The van der Waals surface area contributed by atoms with Crippen molar-refractivity contribution in [3.8, 4) is 5.75 Å². The molecule has 1 atom stereocenters. The number of carbonyl (C=O) groups excluding carboxylic acids is 2. The molecule has 0 unspecified atom stereocenters. The number of thiocarbonyl (C=S) groups is 1. The number of pyridine rings is 1. The molecule has 4 rings (SSSR count). The van der Waals surface area contributed by atoms with E-state index in [0.29, 0.717) is 22.1 Å². The van der Waals surface area contributed by atoms with Crippen LogP contribution >= 0.6 is 35.4 Å². The van der Waals surface area contributed by atoms with Crippen molar-refractivity contribution in [2.75, 3.05) is 22.8 Å². The molecular formula is C23H18Cl2FN5O3S. The Balaban J connectivity index is 1.62. The summed E-state index contributed by atoms with van der Waals surface area (Å²) < 4.78 is 18.4. The van der Waals surface area contributed by atoms with E-state index in [0.717, 1.165) is 0 Å². The van der Waals surface area contributed by atoms with Gasteiger partial charge in [-0.05, 0) is 66.8 Å². The third-order valence-corrected chi connectivity index (χ3v) is 5.96. The van der Waals surface area contributed by atoms with Crippen LogP contribution < -0.4 is 20.4 Å². The first-order valence-electron chi connectivity index (χ1n) is 10.2. The van der Waals surface area contributed by atoms with Crippen LogP contribution in [0.15, 0.2) is 60.8 Å². The number of nitrogens with zero attached hydrogens (tertiary/aromatic N) is 3. The van der Waals surface area contributed by atoms with Crippen molar-refractivity contribution in [2.24, 2.45) is 0 Å². The van der Waals surface area contributed by atoms with Gasteiger partial charge in [-0.3, -0.25) is 19.9 Å². The monoisotopic (exact) mass is 533 g/mol. The summed E-state index contributed by atoms with van der Waals surface area (Å²) in [6.07, 6.45) is 1.12. The number of halogens is 3. The highest BCUT2D eigenvalue weighted by atomic mass is 35.5. The standard InChI is InChI=1S/C23H18Cl2FN5O3S/c1-34-17-8-6-16(7-9-17)30-22(33)19(11-20(32)28-15-4-2-14(26)3-5-15)31(23(30)35)29-21-18(25)10-13(24)12-27-21/h2-10,12,19H,11H2,1H3,(H,27,29)(H,28,32)/t19-/m1/s1. The number of hydrogen-bond acceptors (Lipinski definition) is 6. The van der Waals surface area contributed by atoms with Crippen molar-refractivity contribution in [2.45, 2.75) is 12.5 Å². The lowest BCUT2D eigenvalue weighted by Crippen LogP contribution is -2.42. The fourth-order valence-electron chi connectivity index (χ4n) is 3.40. The summed E-state index contributed by atoms with van der Waals surface area (Å²) in [5.74, 6) is -0.541. The number of nitrogens with one attached hydrogen (secondary N) is 2. The molecule has 0 bridgehead atoms. The van der Waals surface area contributed by atoms with E-state index in [1.165, 1.54) is 53.5 Å². The number of aromatic nitrogens is 1. The molecule has 0 radical (unpaired) electrons. The van der Waals surface area contributed by atoms with Gasteiger partial charge >= 0.3 is 0 Å². The second-order valence-corrected chi connectivity index (χ2v) is 8.60. The Bertz CT molecular complexity index is 1280. The SMILES string of the molecule is COc1ccc(N2C(=O)[C@@H](CC(=O)Nc3ccc(F)cc3)N(Nc3ncc(Cl)cc3Cl)C2=S)cc1. The predicted octanol–water partition coefficient (Wildman–Crippen LogP) is 4.89. The third-order valence-electron chi connectivity index (χ3n) is 5.09. The second-order valence-electron chi connectivity index (χ2n) is 7.40. The Morgan fingerprint density at radius 1 is 1.17 bits per heavy atom. The van der Waals surface area contributed by atoms with Crippen LogP contribution in [0.1, 0.15) is 6.42 Å². The number of methoxy groups -OCH3 is 1. The molecule has 35 heavy (non-hydrogen) atoms. The maximum Gasteiger partial charge on any atom is 0.258 e. The number of amides is 2.